The van der Waals surface area contributed by atoms with E-state index in [2.05, 4.69) is 0 Å². The van der Waals surface area contributed by atoms with Crippen LogP contribution in [0.3, 0.4) is 0 Å². The molecule has 11 heteroatoms. The number of benzene rings is 4. The maximum atomic E-state index is 14.0. The Morgan fingerprint density at radius 3 is 2.35 bits per heavy atom. The molecule has 4 aromatic carbocycles. The molecule has 0 unspecified atom stereocenters. The smallest absolute Gasteiger partial charge is 0.338 e. The summed E-state index contributed by atoms with van der Waals surface area (Å²) >= 11 is 1.19. The van der Waals surface area contributed by atoms with Crippen LogP contribution in [0.25, 0.3) is 11.8 Å². The topological polar surface area (TPSA) is 113 Å². The van der Waals surface area contributed by atoms with Crippen molar-refractivity contribution in [2.75, 3.05) is 6.61 Å². The maximum Gasteiger partial charge on any atom is 0.338 e. The Bertz CT molecular complexity index is 2120. The normalized spacial score (nSPS) is 14.4. The molecule has 46 heavy (non-hydrogen) atoms. The van der Waals surface area contributed by atoms with E-state index in [1.165, 1.54) is 40.2 Å². The van der Waals surface area contributed by atoms with Crippen LogP contribution >= 0.6 is 11.3 Å². The van der Waals surface area contributed by atoms with E-state index in [-0.39, 0.29) is 30.0 Å². The molecular formula is C35H26FN3O6S. The number of nitro benzene ring substituents is 1. The number of ether oxygens (including phenoxy) is 2. The highest BCUT2D eigenvalue weighted by molar-refractivity contribution is 7.07. The quantitative estimate of drug-likeness (QED) is 0.119. The Morgan fingerprint density at radius 2 is 1.70 bits per heavy atom. The molecule has 1 aromatic heterocycles. The van der Waals surface area contributed by atoms with Crippen LogP contribution in [0.15, 0.2) is 118 Å². The van der Waals surface area contributed by atoms with Gasteiger partial charge in [-0.15, -0.1) is 0 Å². The van der Waals surface area contributed by atoms with Gasteiger partial charge in [0.05, 0.1) is 33.4 Å². The van der Waals surface area contributed by atoms with Crippen molar-refractivity contribution in [2.45, 2.75) is 19.6 Å². The van der Waals surface area contributed by atoms with E-state index in [4.69, 9.17) is 14.5 Å². The second kappa shape index (κ2) is 13.1. The number of halogens is 1. The van der Waals surface area contributed by atoms with Gasteiger partial charge in [0.25, 0.3) is 11.2 Å². The molecule has 2 heterocycles. The van der Waals surface area contributed by atoms with Crippen molar-refractivity contribution >= 4 is 34.8 Å². The first-order valence-corrected chi connectivity index (χ1v) is 15.1. The maximum absolute atomic E-state index is 14.0. The number of thiazole rings is 1. The van der Waals surface area contributed by atoms with Gasteiger partial charge in [-0.2, -0.15) is 0 Å². The molecule has 0 aliphatic carbocycles. The first-order valence-electron chi connectivity index (χ1n) is 14.3. The van der Waals surface area contributed by atoms with Crippen LogP contribution in [-0.2, 0) is 16.1 Å². The third-order valence-corrected chi connectivity index (χ3v) is 8.27. The number of nitro groups is 1. The predicted octanol–water partition coefficient (Wildman–Crippen LogP) is 5.56. The highest BCUT2D eigenvalue weighted by Gasteiger charge is 2.35. The molecule has 0 bridgehead atoms. The highest BCUT2D eigenvalue weighted by Crippen LogP contribution is 2.35. The molecule has 0 radical (unpaired) electrons. The van der Waals surface area contributed by atoms with E-state index < -0.39 is 22.8 Å². The van der Waals surface area contributed by atoms with E-state index >= 15 is 0 Å². The lowest BCUT2D eigenvalue weighted by atomic mass is 9.93. The summed E-state index contributed by atoms with van der Waals surface area (Å²) in [5.74, 6) is -0.473. The summed E-state index contributed by atoms with van der Waals surface area (Å²) in [5.41, 5.74) is 2.96. The first kappa shape index (κ1) is 30.4. The van der Waals surface area contributed by atoms with Crippen molar-refractivity contribution in [1.29, 1.82) is 0 Å². The van der Waals surface area contributed by atoms with Gasteiger partial charge in [0.2, 0.25) is 0 Å². The Kier molecular flexibility index (Phi) is 8.66. The van der Waals surface area contributed by atoms with Crippen LogP contribution in [0.5, 0.6) is 5.75 Å². The van der Waals surface area contributed by atoms with E-state index in [9.17, 15) is 24.1 Å². The Balaban J connectivity index is 1.38. The molecule has 1 aliphatic rings. The van der Waals surface area contributed by atoms with Gasteiger partial charge in [-0.3, -0.25) is 19.5 Å². The fourth-order valence-electron chi connectivity index (χ4n) is 5.09. The Morgan fingerprint density at radius 1 is 1.00 bits per heavy atom. The highest BCUT2D eigenvalue weighted by atomic mass is 32.1. The van der Waals surface area contributed by atoms with Crippen LogP contribution in [0, 0.1) is 15.9 Å². The van der Waals surface area contributed by atoms with E-state index in [0.29, 0.717) is 31.9 Å². The number of carbonyl (C=O) groups is 1. The minimum absolute atomic E-state index is 0.00998. The fourth-order valence-corrected chi connectivity index (χ4v) is 6.09. The molecule has 1 aliphatic heterocycles. The fraction of sp³-hybridized carbons (Fsp3) is 0.114. The largest absolute Gasteiger partial charge is 0.489 e. The molecule has 0 spiro atoms. The zero-order valence-corrected chi connectivity index (χ0v) is 25.3. The molecule has 9 nitrogen and oxygen atoms in total. The summed E-state index contributed by atoms with van der Waals surface area (Å²) < 4.78 is 27.1. The summed E-state index contributed by atoms with van der Waals surface area (Å²) in [5, 5.41) is 10.9. The Hall–Kier alpha value is -5.68. The van der Waals surface area contributed by atoms with Gasteiger partial charge in [-0.05, 0) is 66.1 Å². The lowest BCUT2D eigenvalue weighted by molar-refractivity contribution is -0.384. The van der Waals surface area contributed by atoms with Gasteiger partial charge in [0, 0.05) is 17.7 Å². The average molecular weight is 636 g/mol. The number of carbonyl (C=O) groups excluding carboxylic acids is 1. The molecular weight excluding hydrogens is 609 g/mol. The van der Waals surface area contributed by atoms with Crippen LogP contribution in [0.2, 0.25) is 0 Å². The SMILES string of the molecule is CCOC(=O)C1=C(c2ccccc2)N=c2s/c(=C\c3ccc(OCc4ccc([N+](=O)[O-])cc4)cc3)c(=O)n2[C@H]1c1ccc(F)cc1. The second-order valence-corrected chi connectivity index (χ2v) is 11.3. The number of hydrogen-bond donors (Lipinski definition) is 0. The van der Waals surface area contributed by atoms with Gasteiger partial charge >= 0.3 is 5.97 Å². The zero-order valence-electron chi connectivity index (χ0n) is 24.5. The standard InChI is InChI=1S/C35H26FN3O6S/c1-2-44-34(41)30-31(24-6-4-3-5-7-24)37-35-38(32(30)25-12-14-26(36)15-13-25)33(40)29(46-35)20-22-10-18-28(19-11-22)45-21-23-8-16-27(17-9-23)39(42)43/h3-20,32H,2,21H2,1H3/b29-20-/t32-/m0/s1. The lowest BCUT2D eigenvalue weighted by Crippen LogP contribution is -2.40. The lowest BCUT2D eigenvalue weighted by Gasteiger charge is -2.25. The number of aromatic nitrogens is 1. The number of rotatable bonds is 9. The van der Waals surface area contributed by atoms with Gasteiger partial charge in [-0.25, -0.2) is 14.2 Å². The van der Waals surface area contributed by atoms with E-state index in [1.807, 2.05) is 30.3 Å². The summed E-state index contributed by atoms with van der Waals surface area (Å²) in [4.78, 5) is 43.1. The van der Waals surface area contributed by atoms with Crippen molar-refractivity contribution in [3.05, 3.63) is 167 Å². The minimum atomic E-state index is -0.900. The summed E-state index contributed by atoms with van der Waals surface area (Å²) in [6.45, 7) is 2.05. The number of hydrogen-bond acceptors (Lipinski definition) is 8. The number of fused-ring (bicyclic) bond motifs is 1. The van der Waals surface area contributed by atoms with Crippen LogP contribution in [-0.4, -0.2) is 22.1 Å². The molecule has 0 saturated carbocycles. The van der Waals surface area contributed by atoms with Crippen LogP contribution < -0.4 is 19.6 Å². The third-order valence-electron chi connectivity index (χ3n) is 7.29. The van der Waals surface area contributed by atoms with Gasteiger partial charge in [0.1, 0.15) is 18.2 Å². The molecule has 5 aromatic rings. The minimum Gasteiger partial charge on any atom is -0.489 e. The molecule has 230 valence electrons. The van der Waals surface area contributed by atoms with Crippen molar-refractivity contribution in [3.8, 4) is 5.75 Å². The van der Waals surface area contributed by atoms with Gasteiger partial charge in [-0.1, -0.05) is 65.9 Å². The van der Waals surface area contributed by atoms with Crippen LogP contribution in [0.1, 0.15) is 35.2 Å². The molecule has 0 fully saturated rings. The van der Waals surface area contributed by atoms with Crippen LogP contribution in [0.4, 0.5) is 10.1 Å². The van der Waals surface area contributed by atoms with E-state index in [1.54, 1.807) is 61.5 Å². The second-order valence-electron chi connectivity index (χ2n) is 10.3. The van der Waals surface area contributed by atoms with E-state index in [0.717, 1.165) is 11.1 Å². The summed E-state index contributed by atoms with van der Waals surface area (Å²) in [7, 11) is 0. The molecule has 6 rings (SSSR count). The van der Waals surface area contributed by atoms with Gasteiger partial charge in [0.15, 0.2) is 4.80 Å². The number of non-ortho nitro benzene ring substituents is 1. The monoisotopic (exact) mass is 635 g/mol. The third kappa shape index (κ3) is 6.26. The number of esters is 1. The predicted molar refractivity (Wildman–Crippen MR) is 171 cm³/mol. The molecule has 0 amide bonds. The molecule has 0 saturated heterocycles. The summed E-state index contributed by atoms with van der Waals surface area (Å²) in [6.07, 6.45) is 1.74. The van der Waals surface area contributed by atoms with Gasteiger partial charge < -0.3 is 9.47 Å². The average Bonchev–Trinajstić information content (AvgIpc) is 3.38. The van der Waals surface area contributed by atoms with Crippen molar-refractivity contribution in [3.63, 3.8) is 0 Å². The zero-order chi connectivity index (χ0) is 32.2. The number of nitrogens with zero attached hydrogens (tertiary/aromatic N) is 3. The first-order chi connectivity index (χ1) is 22.3. The van der Waals surface area contributed by atoms with Crippen molar-refractivity contribution < 1.29 is 23.6 Å². The molecule has 0 N–H and O–H groups in total. The molecule has 1 atom stereocenters. The summed E-state index contributed by atoms with van der Waals surface area (Å²) in [6, 6.07) is 27.3. The Labute approximate surface area is 266 Å². The van der Waals surface area contributed by atoms with Crippen molar-refractivity contribution in [2.24, 2.45) is 4.99 Å². The van der Waals surface area contributed by atoms with Crippen molar-refractivity contribution in [1.82, 2.24) is 4.57 Å².